The van der Waals surface area contributed by atoms with Gasteiger partial charge < -0.3 is 9.47 Å². The monoisotopic (exact) mass is 509 g/mol. The molecule has 11 heteroatoms. The SMILES string of the molecule is Cc1ccc(N(CC(=O)N/N=C\c2ccc(OCC(=O)OC(C)(C)C)cc2)S(C)(=O)=O)cc1Cl. The lowest BCUT2D eigenvalue weighted by atomic mass is 10.2. The normalized spacial score (nSPS) is 11.8. The number of carbonyl (C=O) groups is 2. The Morgan fingerprint density at radius 1 is 1.15 bits per heavy atom. The maximum atomic E-state index is 12.3. The third-order valence-electron chi connectivity index (χ3n) is 4.19. The summed E-state index contributed by atoms with van der Waals surface area (Å²) < 4.78 is 35.9. The summed E-state index contributed by atoms with van der Waals surface area (Å²) in [5.41, 5.74) is 3.43. The van der Waals surface area contributed by atoms with Crippen molar-refractivity contribution in [3.05, 3.63) is 58.6 Å². The molecule has 0 unspecified atom stereocenters. The van der Waals surface area contributed by atoms with Crippen LogP contribution in [-0.4, -0.2) is 51.5 Å². The van der Waals surface area contributed by atoms with Gasteiger partial charge in [-0.15, -0.1) is 0 Å². The van der Waals surface area contributed by atoms with Gasteiger partial charge in [0.25, 0.3) is 5.91 Å². The number of nitrogens with one attached hydrogen (secondary N) is 1. The van der Waals surface area contributed by atoms with Crippen LogP contribution in [-0.2, 0) is 24.3 Å². The van der Waals surface area contributed by atoms with Gasteiger partial charge in [-0.25, -0.2) is 18.6 Å². The Morgan fingerprint density at radius 3 is 2.35 bits per heavy atom. The van der Waals surface area contributed by atoms with Crippen LogP contribution in [0.4, 0.5) is 5.69 Å². The number of hydrogen-bond donors (Lipinski definition) is 1. The second-order valence-corrected chi connectivity index (χ2v) is 10.8. The van der Waals surface area contributed by atoms with E-state index >= 15 is 0 Å². The highest BCUT2D eigenvalue weighted by atomic mass is 35.5. The molecule has 1 amide bonds. The number of halogens is 1. The number of benzene rings is 2. The molecule has 2 aromatic carbocycles. The molecular weight excluding hydrogens is 482 g/mol. The third kappa shape index (κ3) is 9.03. The lowest BCUT2D eigenvalue weighted by Crippen LogP contribution is -2.39. The molecule has 0 spiro atoms. The number of nitrogens with zero attached hydrogens (tertiary/aromatic N) is 2. The summed E-state index contributed by atoms with van der Waals surface area (Å²) in [5.74, 6) is -0.639. The summed E-state index contributed by atoms with van der Waals surface area (Å²) in [7, 11) is -3.73. The number of hydrazone groups is 1. The summed E-state index contributed by atoms with van der Waals surface area (Å²) in [5, 5.41) is 4.25. The Bertz CT molecular complexity index is 1160. The first-order valence-electron chi connectivity index (χ1n) is 10.2. The number of esters is 1. The molecule has 2 aromatic rings. The highest BCUT2D eigenvalue weighted by Crippen LogP contribution is 2.24. The summed E-state index contributed by atoms with van der Waals surface area (Å²) in [6, 6.07) is 11.4. The molecule has 34 heavy (non-hydrogen) atoms. The minimum Gasteiger partial charge on any atom is -0.482 e. The van der Waals surface area contributed by atoms with E-state index in [1.165, 1.54) is 12.3 Å². The summed E-state index contributed by atoms with van der Waals surface area (Å²) in [6.07, 6.45) is 2.40. The van der Waals surface area contributed by atoms with Crippen molar-refractivity contribution in [1.82, 2.24) is 5.43 Å². The Labute approximate surface area is 204 Å². The molecule has 184 valence electrons. The first-order chi connectivity index (χ1) is 15.7. The lowest BCUT2D eigenvalue weighted by Gasteiger charge is -2.21. The topological polar surface area (TPSA) is 114 Å². The number of sulfonamides is 1. The van der Waals surface area contributed by atoms with Gasteiger partial charge in [-0.05, 0) is 75.2 Å². The van der Waals surface area contributed by atoms with E-state index in [9.17, 15) is 18.0 Å². The molecule has 0 aliphatic rings. The quantitative estimate of drug-likeness (QED) is 0.315. The minimum atomic E-state index is -3.73. The van der Waals surface area contributed by atoms with Crippen molar-refractivity contribution in [2.75, 3.05) is 23.7 Å². The fourth-order valence-corrected chi connectivity index (χ4v) is 3.67. The molecule has 0 radical (unpaired) electrons. The number of rotatable bonds is 9. The zero-order chi connectivity index (χ0) is 25.5. The van der Waals surface area contributed by atoms with E-state index in [4.69, 9.17) is 21.1 Å². The smallest absolute Gasteiger partial charge is 0.344 e. The van der Waals surface area contributed by atoms with Crippen molar-refractivity contribution in [3.63, 3.8) is 0 Å². The average molecular weight is 510 g/mol. The number of carbonyl (C=O) groups excluding carboxylic acids is 2. The Morgan fingerprint density at radius 2 is 1.79 bits per heavy atom. The summed E-state index contributed by atoms with van der Waals surface area (Å²) >= 11 is 6.09. The molecule has 0 saturated heterocycles. The largest absolute Gasteiger partial charge is 0.482 e. The van der Waals surface area contributed by atoms with E-state index < -0.39 is 34.0 Å². The zero-order valence-electron chi connectivity index (χ0n) is 19.7. The fraction of sp³-hybridized carbons (Fsp3) is 0.348. The second kappa shape index (κ2) is 11.3. The Kier molecular flexibility index (Phi) is 9.06. The van der Waals surface area contributed by atoms with E-state index in [0.717, 1.165) is 16.1 Å². The molecule has 0 saturated carbocycles. The number of anilines is 1. The molecule has 0 atom stereocenters. The van der Waals surface area contributed by atoms with Crippen LogP contribution in [0, 0.1) is 6.92 Å². The van der Waals surface area contributed by atoms with Crippen LogP contribution in [0.25, 0.3) is 0 Å². The van der Waals surface area contributed by atoms with Gasteiger partial charge in [0.15, 0.2) is 6.61 Å². The lowest BCUT2D eigenvalue weighted by molar-refractivity contribution is -0.157. The van der Waals surface area contributed by atoms with Crippen LogP contribution in [0.5, 0.6) is 5.75 Å². The first-order valence-corrected chi connectivity index (χ1v) is 12.5. The third-order valence-corrected chi connectivity index (χ3v) is 5.74. The average Bonchev–Trinajstić information content (AvgIpc) is 2.71. The molecule has 0 fully saturated rings. The Balaban J connectivity index is 1.93. The molecule has 1 N–H and O–H groups in total. The predicted octanol–water partition coefficient (Wildman–Crippen LogP) is 3.29. The minimum absolute atomic E-state index is 0.218. The summed E-state index contributed by atoms with van der Waals surface area (Å²) in [4.78, 5) is 24.0. The van der Waals surface area contributed by atoms with Gasteiger partial charge in [0.05, 0.1) is 18.2 Å². The number of aryl methyl sites for hydroxylation is 1. The summed E-state index contributed by atoms with van der Waals surface area (Å²) in [6.45, 7) is 6.42. The van der Waals surface area contributed by atoms with Crippen molar-refractivity contribution < 1.29 is 27.5 Å². The van der Waals surface area contributed by atoms with Gasteiger partial charge in [-0.1, -0.05) is 17.7 Å². The van der Waals surface area contributed by atoms with Crippen molar-refractivity contribution in [3.8, 4) is 5.75 Å². The van der Waals surface area contributed by atoms with Crippen LogP contribution in [0.1, 0.15) is 31.9 Å². The van der Waals surface area contributed by atoms with E-state index in [0.29, 0.717) is 16.3 Å². The van der Waals surface area contributed by atoms with E-state index in [1.807, 2.05) is 0 Å². The molecule has 0 aliphatic heterocycles. The molecule has 2 rings (SSSR count). The van der Waals surface area contributed by atoms with Crippen LogP contribution in [0.2, 0.25) is 5.02 Å². The van der Waals surface area contributed by atoms with E-state index in [2.05, 4.69) is 10.5 Å². The maximum Gasteiger partial charge on any atom is 0.344 e. The zero-order valence-corrected chi connectivity index (χ0v) is 21.2. The van der Waals surface area contributed by atoms with Gasteiger partial charge >= 0.3 is 5.97 Å². The molecule has 0 aliphatic carbocycles. The van der Waals surface area contributed by atoms with Crippen LogP contribution < -0.4 is 14.5 Å². The van der Waals surface area contributed by atoms with E-state index in [-0.39, 0.29) is 12.3 Å². The predicted molar refractivity (Wildman–Crippen MR) is 132 cm³/mol. The van der Waals surface area contributed by atoms with Crippen LogP contribution in [0.15, 0.2) is 47.6 Å². The highest BCUT2D eigenvalue weighted by Gasteiger charge is 2.21. The van der Waals surface area contributed by atoms with Crippen LogP contribution in [0.3, 0.4) is 0 Å². The van der Waals surface area contributed by atoms with Crippen molar-refractivity contribution in [1.29, 1.82) is 0 Å². The molecule has 0 heterocycles. The second-order valence-electron chi connectivity index (χ2n) is 8.44. The van der Waals surface area contributed by atoms with Crippen LogP contribution >= 0.6 is 11.6 Å². The van der Waals surface area contributed by atoms with E-state index in [1.54, 1.807) is 64.1 Å². The van der Waals surface area contributed by atoms with Gasteiger partial charge in [0.2, 0.25) is 10.0 Å². The van der Waals surface area contributed by atoms with Crippen molar-refractivity contribution in [2.24, 2.45) is 5.10 Å². The Hall–Kier alpha value is -3.11. The van der Waals surface area contributed by atoms with Gasteiger partial charge in [0, 0.05) is 5.02 Å². The maximum absolute atomic E-state index is 12.3. The van der Waals surface area contributed by atoms with Gasteiger partial charge in [0.1, 0.15) is 17.9 Å². The molecule has 0 aromatic heterocycles. The van der Waals surface area contributed by atoms with Gasteiger partial charge in [-0.3, -0.25) is 9.10 Å². The number of amides is 1. The van der Waals surface area contributed by atoms with Crippen molar-refractivity contribution >= 4 is 45.4 Å². The van der Waals surface area contributed by atoms with Crippen molar-refractivity contribution in [2.45, 2.75) is 33.3 Å². The molecular formula is C23H28ClN3O6S. The molecule has 0 bridgehead atoms. The number of ether oxygens (including phenoxy) is 2. The first kappa shape index (κ1) is 27.1. The van der Waals surface area contributed by atoms with Gasteiger partial charge in [-0.2, -0.15) is 5.10 Å². The number of hydrogen-bond acceptors (Lipinski definition) is 7. The fourth-order valence-electron chi connectivity index (χ4n) is 2.64. The highest BCUT2D eigenvalue weighted by molar-refractivity contribution is 7.92. The standard InChI is InChI=1S/C23H28ClN3O6S/c1-16-6-9-18(12-20(16)24)27(34(5,30)31)14-21(28)26-25-13-17-7-10-19(11-8-17)32-15-22(29)33-23(2,3)4/h6-13H,14-15H2,1-5H3,(H,26,28)/b25-13-. The molecule has 9 nitrogen and oxygen atoms in total.